The van der Waals surface area contributed by atoms with Gasteiger partial charge in [-0.3, -0.25) is 0 Å². The maximum Gasteiger partial charge on any atom is 0.344 e. The fourth-order valence-electron chi connectivity index (χ4n) is 2.86. The molecule has 0 saturated heterocycles. The van der Waals surface area contributed by atoms with Crippen molar-refractivity contribution in [1.29, 1.82) is 0 Å². The van der Waals surface area contributed by atoms with Gasteiger partial charge in [-0.15, -0.1) is 0 Å². The lowest BCUT2D eigenvalue weighted by molar-refractivity contribution is -0.148. The standard InChI is InChI=1S/C22H18N2O8/c1-27-16-7-4-14(9-18(16)28-2)22-23-19(32-24-22)11-30-21(26)12-29-15-6-3-13-5-8-20(25)31-17(13)10-15/h3-10H,11-12H2,1-2H3. The number of esters is 1. The number of carbonyl (C=O) groups is 1. The summed E-state index contributed by atoms with van der Waals surface area (Å²) in [5.74, 6) is 1.25. The maximum absolute atomic E-state index is 12.0. The van der Waals surface area contributed by atoms with E-state index in [-0.39, 0.29) is 19.1 Å². The normalized spacial score (nSPS) is 10.7. The lowest BCUT2D eigenvalue weighted by Crippen LogP contribution is -2.14. The quantitative estimate of drug-likeness (QED) is 0.300. The number of aromatic nitrogens is 2. The highest BCUT2D eigenvalue weighted by Gasteiger charge is 2.14. The smallest absolute Gasteiger partial charge is 0.344 e. The summed E-state index contributed by atoms with van der Waals surface area (Å²) in [6.07, 6.45) is 0. The summed E-state index contributed by atoms with van der Waals surface area (Å²) in [6, 6.07) is 13.0. The molecule has 0 aliphatic rings. The molecule has 4 rings (SSSR count). The fourth-order valence-corrected chi connectivity index (χ4v) is 2.86. The number of carbonyl (C=O) groups excluding carboxylic acids is 1. The van der Waals surface area contributed by atoms with Crippen LogP contribution in [0.4, 0.5) is 0 Å². The summed E-state index contributed by atoms with van der Waals surface area (Å²) < 4.78 is 31.2. The van der Waals surface area contributed by atoms with Crippen LogP contribution in [0.1, 0.15) is 5.89 Å². The van der Waals surface area contributed by atoms with E-state index in [0.29, 0.717) is 34.2 Å². The van der Waals surface area contributed by atoms with Crippen molar-refractivity contribution in [1.82, 2.24) is 10.1 Å². The number of rotatable bonds is 8. The van der Waals surface area contributed by atoms with E-state index in [0.717, 1.165) is 5.39 Å². The van der Waals surface area contributed by atoms with E-state index in [1.54, 1.807) is 43.5 Å². The zero-order chi connectivity index (χ0) is 22.5. The Morgan fingerprint density at radius 2 is 1.81 bits per heavy atom. The number of ether oxygens (including phenoxy) is 4. The van der Waals surface area contributed by atoms with Gasteiger partial charge in [0, 0.05) is 23.1 Å². The summed E-state index contributed by atoms with van der Waals surface area (Å²) in [7, 11) is 3.07. The van der Waals surface area contributed by atoms with Crippen LogP contribution in [0.25, 0.3) is 22.4 Å². The predicted molar refractivity (Wildman–Crippen MR) is 111 cm³/mol. The molecule has 0 amide bonds. The third kappa shape index (κ3) is 4.69. The number of fused-ring (bicyclic) bond motifs is 1. The molecule has 32 heavy (non-hydrogen) atoms. The predicted octanol–water partition coefficient (Wildman–Crippen LogP) is 2.98. The van der Waals surface area contributed by atoms with Crippen molar-refractivity contribution in [2.24, 2.45) is 0 Å². The van der Waals surface area contributed by atoms with Crippen molar-refractivity contribution in [3.63, 3.8) is 0 Å². The Labute approximate surface area is 181 Å². The number of hydrogen-bond donors (Lipinski definition) is 0. The maximum atomic E-state index is 12.0. The second kappa shape index (κ2) is 9.21. The van der Waals surface area contributed by atoms with Crippen LogP contribution >= 0.6 is 0 Å². The first-order valence-corrected chi connectivity index (χ1v) is 9.43. The molecular formula is C22H18N2O8. The molecule has 0 bridgehead atoms. The Balaban J connectivity index is 1.33. The third-order valence-electron chi connectivity index (χ3n) is 4.42. The summed E-state index contributed by atoms with van der Waals surface area (Å²) in [5.41, 5.74) is 0.535. The summed E-state index contributed by atoms with van der Waals surface area (Å²) in [5, 5.41) is 4.62. The largest absolute Gasteiger partial charge is 0.493 e. The fraction of sp³-hybridized carbons (Fsp3) is 0.182. The summed E-state index contributed by atoms with van der Waals surface area (Å²) in [6.45, 7) is -0.561. The van der Waals surface area contributed by atoms with Gasteiger partial charge in [-0.2, -0.15) is 4.98 Å². The van der Waals surface area contributed by atoms with Crippen molar-refractivity contribution >= 4 is 16.9 Å². The van der Waals surface area contributed by atoms with Crippen molar-refractivity contribution in [2.75, 3.05) is 20.8 Å². The minimum absolute atomic E-state index is 0.121. The average Bonchev–Trinajstić information content (AvgIpc) is 3.29. The van der Waals surface area contributed by atoms with Gasteiger partial charge in [0.2, 0.25) is 5.82 Å². The van der Waals surface area contributed by atoms with Crippen molar-refractivity contribution in [2.45, 2.75) is 6.61 Å². The lowest BCUT2D eigenvalue weighted by atomic mass is 10.2. The van der Waals surface area contributed by atoms with E-state index >= 15 is 0 Å². The first kappa shape index (κ1) is 20.9. The molecule has 10 nitrogen and oxygen atoms in total. The first-order valence-electron chi connectivity index (χ1n) is 9.43. The third-order valence-corrected chi connectivity index (χ3v) is 4.42. The number of benzene rings is 2. The molecule has 4 aromatic rings. The van der Waals surface area contributed by atoms with E-state index < -0.39 is 11.6 Å². The second-order valence-corrected chi connectivity index (χ2v) is 6.48. The van der Waals surface area contributed by atoms with E-state index in [1.165, 1.54) is 19.2 Å². The molecule has 0 atom stereocenters. The lowest BCUT2D eigenvalue weighted by Gasteiger charge is -2.07. The van der Waals surface area contributed by atoms with Gasteiger partial charge >= 0.3 is 11.6 Å². The van der Waals surface area contributed by atoms with Crippen LogP contribution < -0.4 is 19.8 Å². The van der Waals surface area contributed by atoms with Crippen LogP contribution in [0.2, 0.25) is 0 Å². The second-order valence-electron chi connectivity index (χ2n) is 6.48. The molecule has 0 saturated carbocycles. The SMILES string of the molecule is COc1ccc(-c2noc(COC(=O)COc3ccc4ccc(=O)oc4c3)n2)cc1OC. The topological polar surface area (TPSA) is 123 Å². The number of methoxy groups -OCH3 is 2. The molecule has 0 spiro atoms. The average molecular weight is 438 g/mol. The molecule has 0 aliphatic carbocycles. The van der Waals surface area contributed by atoms with Gasteiger partial charge in [0.05, 0.1) is 14.2 Å². The highest BCUT2D eigenvalue weighted by molar-refractivity contribution is 5.78. The van der Waals surface area contributed by atoms with Crippen LogP contribution in [0.3, 0.4) is 0 Å². The van der Waals surface area contributed by atoms with Gasteiger partial charge in [0.1, 0.15) is 11.3 Å². The summed E-state index contributed by atoms with van der Waals surface area (Å²) >= 11 is 0. The molecule has 0 fully saturated rings. The van der Waals surface area contributed by atoms with Gasteiger partial charge in [-0.25, -0.2) is 9.59 Å². The van der Waals surface area contributed by atoms with Gasteiger partial charge in [-0.05, 0) is 36.4 Å². The van der Waals surface area contributed by atoms with E-state index in [1.807, 2.05) is 0 Å². The van der Waals surface area contributed by atoms with E-state index in [9.17, 15) is 9.59 Å². The van der Waals surface area contributed by atoms with Crippen LogP contribution in [0, 0.1) is 0 Å². The van der Waals surface area contributed by atoms with E-state index in [2.05, 4.69) is 10.1 Å². The van der Waals surface area contributed by atoms with Crippen molar-refractivity contribution < 1.29 is 32.7 Å². The van der Waals surface area contributed by atoms with Crippen LogP contribution in [0.5, 0.6) is 17.2 Å². The molecule has 2 aromatic heterocycles. The van der Waals surface area contributed by atoms with Crippen LogP contribution in [0.15, 0.2) is 62.3 Å². The molecule has 10 heteroatoms. The molecule has 0 aliphatic heterocycles. The van der Waals surface area contributed by atoms with Crippen LogP contribution in [-0.4, -0.2) is 36.9 Å². The summed E-state index contributed by atoms with van der Waals surface area (Å²) in [4.78, 5) is 27.5. The number of nitrogens with zero attached hydrogens (tertiary/aromatic N) is 2. The number of hydrogen-bond acceptors (Lipinski definition) is 10. The Morgan fingerprint density at radius 1 is 1.00 bits per heavy atom. The molecule has 2 aromatic carbocycles. The minimum Gasteiger partial charge on any atom is -0.493 e. The Hall–Kier alpha value is -4.34. The van der Waals surface area contributed by atoms with E-state index in [4.69, 9.17) is 27.9 Å². The molecule has 0 radical (unpaired) electrons. The Morgan fingerprint density at radius 3 is 2.62 bits per heavy atom. The highest BCUT2D eigenvalue weighted by atomic mass is 16.6. The molecule has 2 heterocycles. The Bertz CT molecular complexity index is 1310. The van der Waals surface area contributed by atoms with Gasteiger partial charge in [0.25, 0.3) is 5.89 Å². The molecule has 164 valence electrons. The van der Waals surface area contributed by atoms with Crippen LogP contribution in [-0.2, 0) is 16.1 Å². The first-order chi connectivity index (χ1) is 15.6. The highest BCUT2D eigenvalue weighted by Crippen LogP contribution is 2.31. The molecular weight excluding hydrogens is 420 g/mol. The zero-order valence-corrected chi connectivity index (χ0v) is 17.2. The van der Waals surface area contributed by atoms with Crippen molar-refractivity contribution in [3.05, 3.63) is 64.8 Å². The zero-order valence-electron chi connectivity index (χ0n) is 17.2. The molecule has 0 N–H and O–H groups in total. The van der Waals surface area contributed by atoms with Gasteiger partial charge in [-0.1, -0.05) is 5.16 Å². The van der Waals surface area contributed by atoms with Gasteiger partial charge < -0.3 is 27.9 Å². The minimum atomic E-state index is -0.634. The van der Waals surface area contributed by atoms with Gasteiger partial charge in [0.15, 0.2) is 24.7 Å². The molecule has 0 unspecified atom stereocenters. The monoisotopic (exact) mass is 438 g/mol. The Kier molecular flexibility index (Phi) is 6.02. The van der Waals surface area contributed by atoms with Crippen molar-refractivity contribution in [3.8, 4) is 28.6 Å².